The molecule has 1 aliphatic rings. The van der Waals surface area contributed by atoms with Crippen LogP contribution in [0.5, 0.6) is 5.75 Å². The Morgan fingerprint density at radius 2 is 1.54 bits per heavy atom. The van der Waals surface area contributed by atoms with Gasteiger partial charge in [-0.15, -0.1) is 0 Å². The van der Waals surface area contributed by atoms with Crippen molar-refractivity contribution in [1.29, 1.82) is 0 Å². The number of amides is 4. The molecule has 0 spiro atoms. The number of rotatable bonds is 5. The van der Waals surface area contributed by atoms with E-state index in [1.54, 1.807) is 12.1 Å². The van der Waals surface area contributed by atoms with Crippen molar-refractivity contribution < 1.29 is 19.1 Å². The van der Waals surface area contributed by atoms with Crippen molar-refractivity contribution in [2.45, 2.75) is 6.61 Å². The zero-order valence-electron chi connectivity index (χ0n) is 19.0. The maximum Gasteiger partial charge on any atom is 0.335 e. The van der Waals surface area contributed by atoms with Gasteiger partial charge in [0, 0.05) is 5.02 Å². The Labute approximate surface area is 227 Å². The first-order valence-electron chi connectivity index (χ1n) is 11.1. The van der Waals surface area contributed by atoms with Crippen molar-refractivity contribution in [3.63, 3.8) is 0 Å². The lowest BCUT2D eigenvalue weighted by Gasteiger charge is -2.26. The number of halogens is 3. The highest BCUT2D eigenvalue weighted by molar-refractivity contribution is 6.40. The van der Waals surface area contributed by atoms with Crippen LogP contribution in [-0.2, 0) is 16.2 Å². The fourth-order valence-electron chi connectivity index (χ4n) is 4.04. The molecular weight excluding hydrogens is 535 g/mol. The van der Waals surface area contributed by atoms with Gasteiger partial charge in [-0.25, -0.2) is 9.69 Å². The van der Waals surface area contributed by atoms with E-state index in [0.29, 0.717) is 10.6 Å². The van der Waals surface area contributed by atoms with E-state index in [1.165, 1.54) is 30.3 Å². The van der Waals surface area contributed by atoms with Gasteiger partial charge in [0.05, 0.1) is 15.7 Å². The largest absolute Gasteiger partial charge is 0.486 e. The third kappa shape index (κ3) is 5.04. The van der Waals surface area contributed by atoms with Crippen LogP contribution in [0.1, 0.15) is 11.1 Å². The minimum absolute atomic E-state index is 0.200. The molecule has 1 heterocycles. The molecule has 4 aromatic rings. The molecular formula is C28H17Cl3N2O4. The molecule has 0 atom stereocenters. The van der Waals surface area contributed by atoms with Crippen LogP contribution in [0.4, 0.5) is 10.5 Å². The summed E-state index contributed by atoms with van der Waals surface area (Å²) in [6.07, 6.45) is 1.31. The molecule has 0 saturated carbocycles. The van der Waals surface area contributed by atoms with Crippen molar-refractivity contribution in [2.24, 2.45) is 0 Å². The summed E-state index contributed by atoms with van der Waals surface area (Å²) < 4.78 is 5.95. The molecule has 0 bridgehead atoms. The van der Waals surface area contributed by atoms with Crippen molar-refractivity contribution >= 4 is 75.2 Å². The van der Waals surface area contributed by atoms with E-state index < -0.39 is 17.8 Å². The number of barbiturate groups is 1. The summed E-state index contributed by atoms with van der Waals surface area (Å²) in [5.41, 5.74) is 1.30. The van der Waals surface area contributed by atoms with Gasteiger partial charge in [0.1, 0.15) is 12.2 Å². The number of nitrogens with zero attached hydrogens (tertiary/aromatic N) is 1. The van der Waals surface area contributed by atoms with Gasteiger partial charge in [-0.2, -0.15) is 0 Å². The molecule has 6 nitrogen and oxygen atoms in total. The van der Waals surface area contributed by atoms with Crippen molar-refractivity contribution in [2.75, 3.05) is 4.90 Å². The fourth-order valence-corrected chi connectivity index (χ4v) is 4.84. The Hall–Kier alpha value is -3.84. The molecule has 0 aliphatic carbocycles. The number of hydrogen-bond acceptors (Lipinski definition) is 4. The van der Waals surface area contributed by atoms with Gasteiger partial charge in [-0.1, -0.05) is 83.3 Å². The van der Waals surface area contributed by atoms with E-state index in [-0.39, 0.29) is 33.7 Å². The topological polar surface area (TPSA) is 75.7 Å². The summed E-state index contributed by atoms with van der Waals surface area (Å²) in [6.45, 7) is 0.235. The standard InChI is InChI=1S/C28H17Cl3N2O4/c29-19-8-4-9-20(14-19)33-27(35)22(26(34)32-28(33)36)11-16-12-23(30)25(24(31)13-16)37-15-18-7-3-6-17-5-1-2-10-21(17)18/h1-14H,15H2,(H,32,34,36)/b22-11+. The summed E-state index contributed by atoms with van der Waals surface area (Å²) in [5.74, 6) is -1.37. The van der Waals surface area contributed by atoms with E-state index in [1.807, 2.05) is 42.5 Å². The number of anilines is 1. The number of urea groups is 1. The maximum absolute atomic E-state index is 13.1. The van der Waals surface area contributed by atoms with Crippen LogP contribution in [0.2, 0.25) is 15.1 Å². The normalized spacial score (nSPS) is 14.8. The number of carbonyl (C=O) groups is 3. The van der Waals surface area contributed by atoms with Crippen molar-refractivity contribution in [1.82, 2.24) is 5.32 Å². The summed E-state index contributed by atoms with van der Waals surface area (Å²) in [5, 5.41) is 5.04. The Kier molecular flexibility index (Phi) is 6.89. The third-order valence-electron chi connectivity index (χ3n) is 5.75. The predicted molar refractivity (Wildman–Crippen MR) is 145 cm³/mol. The molecule has 184 valence electrons. The second-order valence-electron chi connectivity index (χ2n) is 8.18. The highest BCUT2D eigenvalue weighted by Gasteiger charge is 2.37. The molecule has 1 aliphatic heterocycles. The van der Waals surface area contributed by atoms with E-state index in [9.17, 15) is 14.4 Å². The zero-order chi connectivity index (χ0) is 26.1. The van der Waals surface area contributed by atoms with Gasteiger partial charge in [0.25, 0.3) is 11.8 Å². The van der Waals surface area contributed by atoms with Crippen molar-refractivity contribution in [3.05, 3.63) is 111 Å². The second-order valence-corrected chi connectivity index (χ2v) is 9.43. The molecule has 9 heteroatoms. The first kappa shape index (κ1) is 24.8. The van der Waals surface area contributed by atoms with Crippen molar-refractivity contribution in [3.8, 4) is 5.75 Å². The molecule has 4 aromatic carbocycles. The summed E-state index contributed by atoms with van der Waals surface area (Å²) in [6, 6.07) is 22.2. The quantitative estimate of drug-likeness (QED) is 0.213. The molecule has 1 fully saturated rings. The van der Waals surface area contributed by atoms with Crippen LogP contribution in [0.3, 0.4) is 0 Å². The van der Waals surface area contributed by atoms with Crippen LogP contribution >= 0.6 is 34.8 Å². The minimum Gasteiger partial charge on any atom is -0.486 e. The number of nitrogens with one attached hydrogen (secondary N) is 1. The first-order valence-corrected chi connectivity index (χ1v) is 12.2. The fraction of sp³-hybridized carbons (Fsp3) is 0.0357. The highest BCUT2D eigenvalue weighted by Crippen LogP contribution is 2.36. The van der Waals surface area contributed by atoms with Crippen LogP contribution in [-0.4, -0.2) is 17.8 Å². The van der Waals surface area contributed by atoms with E-state index in [4.69, 9.17) is 39.5 Å². The van der Waals surface area contributed by atoms with Crippen LogP contribution in [0.15, 0.2) is 84.4 Å². The summed E-state index contributed by atoms with van der Waals surface area (Å²) in [4.78, 5) is 38.8. The lowest BCUT2D eigenvalue weighted by Crippen LogP contribution is -2.54. The average molecular weight is 552 g/mol. The number of hydrogen-bond donors (Lipinski definition) is 1. The van der Waals surface area contributed by atoms with Gasteiger partial charge < -0.3 is 4.74 Å². The smallest absolute Gasteiger partial charge is 0.335 e. The monoisotopic (exact) mass is 550 g/mol. The Balaban J connectivity index is 1.42. The molecule has 1 N–H and O–H groups in total. The zero-order valence-corrected chi connectivity index (χ0v) is 21.3. The minimum atomic E-state index is -0.873. The van der Waals surface area contributed by atoms with Crippen LogP contribution < -0.4 is 15.0 Å². The lowest BCUT2D eigenvalue weighted by molar-refractivity contribution is -0.122. The molecule has 0 unspecified atom stereocenters. The van der Waals surface area contributed by atoms with Gasteiger partial charge in [-0.05, 0) is 58.3 Å². The Morgan fingerprint density at radius 1 is 0.838 bits per heavy atom. The number of benzene rings is 4. The lowest BCUT2D eigenvalue weighted by atomic mass is 10.1. The van der Waals surface area contributed by atoms with Gasteiger partial charge in [0.15, 0.2) is 5.75 Å². The summed E-state index contributed by atoms with van der Waals surface area (Å²) in [7, 11) is 0. The Morgan fingerprint density at radius 3 is 2.30 bits per heavy atom. The molecule has 0 aromatic heterocycles. The first-order chi connectivity index (χ1) is 17.8. The van der Waals surface area contributed by atoms with E-state index in [2.05, 4.69) is 5.32 Å². The third-order valence-corrected chi connectivity index (χ3v) is 6.55. The number of carbonyl (C=O) groups excluding carboxylic acids is 3. The Bertz CT molecular complexity index is 1590. The predicted octanol–water partition coefficient (Wildman–Crippen LogP) is 7.05. The molecule has 37 heavy (non-hydrogen) atoms. The summed E-state index contributed by atoms with van der Waals surface area (Å²) >= 11 is 18.9. The van der Waals surface area contributed by atoms with E-state index in [0.717, 1.165) is 21.2 Å². The van der Waals surface area contributed by atoms with Gasteiger partial charge in [0.2, 0.25) is 0 Å². The van der Waals surface area contributed by atoms with Gasteiger partial charge in [-0.3, -0.25) is 14.9 Å². The maximum atomic E-state index is 13.1. The van der Waals surface area contributed by atoms with Crippen LogP contribution in [0, 0.1) is 0 Å². The van der Waals surface area contributed by atoms with E-state index >= 15 is 0 Å². The highest BCUT2D eigenvalue weighted by atomic mass is 35.5. The SMILES string of the molecule is O=C1NC(=O)N(c2cccc(Cl)c2)C(=O)/C1=C/c1cc(Cl)c(OCc2cccc3ccccc23)c(Cl)c1. The number of ether oxygens (including phenoxy) is 1. The average Bonchev–Trinajstić information content (AvgIpc) is 2.86. The molecule has 5 rings (SSSR count). The number of imide groups is 2. The van der Waals surface area contributed by atoms with Crippen LogP contribution in [0.25, 0.3) is 16.8 Å². The molecule has 4 amide bonds. The molecule has 1 saturated heterocycles. The molecule has 0 radical (unpaired) electrons. The van der Waals surface area contributed by atoms with Gasteiger partial charge >= 0.3 is 6.03 Å². The second kappa shape index (κ2) is 10.3. The number of fused-ring (bicyclic) bond motifs is 1.